The molecule has 0 saturated heterocycles. The van der Waals surface area contributed by atoms with Crippen molar-refractivity contribution >= 4 is 27.3 Å². The molecule has 0 amide bonds. The summed E-state index contributed by atoms with van der Waals surface area (Å²) in [5.41, 5.74) is -0.660. The van der Waals surface area contributed by atoms with Gasteiger partial charge in [-0.2, -0.15) is 13.2 Å². The summed E-state index contributed by atoms with van der Waals surface area (Å²) in [7, 11) is 0. The van der Waals surface area contributed by atoms with E-state index in [0.29, 0.717) is 9.61 Å². The largest absolute Gasteiger partial charge is 0.419 e. The molecule has 0 bridgehead atoms. The lowest BCUT2D eigenvalue weighted by Crippen LogP contribution is -2.08. The fourth-order valence-corrected chi connectivity index (χ4v) is 2.31. The smallest absolute Gasteiger partial charge is 0.229 e. The van der Waals surface area contributed by atoms with Gasteiger partial charge in [-0.05, 0) is 34.1 Å². The average Bonchev–Trinajstić information content (AvgIpc) is 2.64. The van der Waals surface area contributed by atoms with Crippen LogP contribution in [0.25, 0.3) is 11.3 Å². The maximum Gasteiger partial charge on any atom is 0.419 e. The first kappa shape index (κ1) is 12.5. The van der Waals surface area contributed by atoms with Gasteiger partial charge in [-0.15, -0.1) is 11.3 Å². The van der Waals surface area contributed by atoms with Crippen molar-refractivity contribution in [3.63, 3.8) is 0 Å². The van der Waals surface area contributed by atoms with E-state index in [1.54, 1.807) is 5.38 Å². The van der Waals surface area contributed by atoms with Crippen LogP contribution in [0.2, 0.25) is 0 Å². The minimum atomic E-state index is -4.70. The Hall–Kier alpha value is -0.950. The molecule has 17 heavy (non-hydrogen) atoms. The number of benzene rings is 1. The Balaban J connectivity index is 2.51. The highest BCUT2D eigenvalue weighted by atomic mass is 79.9. The van der Waals surface area contributed by atoms with Crippen molar-refractivity contribution in [1.82, 2.24) is 4.98 Å². The molecule has 0 unspecified atom stereocenters. The molecular weight excluding hydrogens is 322 g/mol. The molecule has 2 rings (SSSR count). The standard InChI is InChI=1S/C10H4BrF4NS/c11-9-16-8(4-17-9)5-1-2-7(12)6(3-5)10(13,14)15/h1-4H. The number of alkyl halides is 3. The van der Waals surface area contributed by atoms with Gasteiger partial charge in [-0.25, -0.2) is 9.37 Å². The number of thiazole rings is 1. The Labute approximate surface area is 106 Å². The van der Waals surface area contributed by atoms with Crippen LogP contribution in [0.1, 0.15) is 5.56 Å². The Morgan fingerprint density at radius 3 is 2.47 bits per heavy atom. The van der Waals surface area contributed by atoms with Crippen molar-refractivity contribution in [2.45, 2.75) is 6.18 Å². The number of aromatic nitrogens is 1. The highest BCUT2D eigenvalue weighted by Crippen LogP contribution is 2.34. The van der Waals surface area contributed by atoms with Gasteiger partial charge in [0, 0.05) is 10.9 Å². The van der Waals surface area contributed by atoms with Gasteiger partial charge in [0.05, 0.1) is 11.3 Å². The van der Waals surface area contributed by atoms with Crippen LogP contribution in [0, 0.1) is 5.82 Å². The van der Waals surface area contributed by atoms with Gasteiger partial charge >= 0.3 is 6.18 Å². The number of hydrogen-bond donors (Lipinski definition) is 0. The molecule has 0 aliphatic carbocycles. The van der Waals surface area contributed by atoms with Crippen molar-refractivity contribution < 1.29 is 17.6 Å². The third-order valence-electron chi connectivity index (χ3n) is 2.04. The first-order valence-electron chi connectivity index (χ1n) is 4.36. The first-order chi connectivity index (χ1) is 7.88. The first-order valence-corrected chi connectivity index (χ1v) is 6.03. The molecule has 0 aliphatic heterocycles. The zero-order valence-electron chi connectivity index (χ0n) is 8.05. The second kappa shape index (κ2) is 4.38. The lowest BCUT2D eigenvalue weighted by Gasteiger charge is -2.08. The second-order valence-corrected chi connectivity index (χ2v) is 5.31. The topological polar surface area (TPSA) is 12.9 Å². The lowest BCUT2D eigenvalue weighted by molar-refractivity contribution is -0.139. The van der Waals surface area contributed by atoms with E-state index in [1.165, 1.54) is 17.4 Å². The maximum absolute atomic E-state index is 13.0. The van der Waals surface area contributed by atoms with Crippen molar-refractivity contribution in [2.24, 2.45) is 0 Å². The van der Waals surface area contributed by atoms with E-state index in [1.807, 2.05) is 0 Å². The minimum Gasteiger partial charge on any atom is -0.229 e. The predicted molar refractivity (Wildman–Crippen MR) is 60.2 cm³/mol. The van der Waals surface area contributed by atoms with Crippen molar-refractivity contribution in [3.8, 4) is 11.3 Å². The van der Waals surface area contributed by atoms with Gasteiger partial charge in [0.15, 0.2) is 3.92 Å². The third-order valence-corrected chi connectivity index (χ3v) is 3.41. The van der Waals surface area contributed by atoms with E-state index in [9.17, 15) is 17.6 Å². The van der Waals surface area contributed by atoms with Gasteiger partial charge in [0.2, 0.25) is 0 Å². The lowest BCUT2D eigenvalue weighted by atomic mass is 10.1. The number of hydrogen-bond acceptors (Lipinski definition) is 2. The Kier molecular flexibility index (Phi) is 3.22. The zero-order chi connectivity index (χ0) is 12.6. The molecule has 2 aromatic rings. The monoisotopic (exact) mass is 325 g/mol. The summed E-state index contributed by atoms with van der Waals surface area (Å²) < 4.78 is 51.0. The van der Waals surface area contributed by atoms with Crippen LogP contribution in [0.5, 0.6) is 0 Å². The summed E-state index contributed by atoms with van der Waals surface area (Å²) in [6, 6.07) is 2.83. The van der Waals surface area contributed by atoms with Crippen LogP contribution in [-0.4, -0.2) is 4.98 Å². The summed E-state index contributed by atoms with van der Waals surface area (Å²) in [6.07, 6.45) is -4.70. The summed E-state index contributed by atoms with van der Waals surface area (Å²) in [5.74, 6) is -1.28. The van der Waals surface area contributed by atoms with Crippen LogP contribution < -0.4 is 0 Å². The van der Waals surface area contributed by atoms with Gasteiger partial charge in [0.1, 0.15) is 5.82 Å². The average molecular weight is 326 g/mol. The summed E-state index contributed by atoms with van der Waals surface area (Å²) >= 11 is 4.36. The van der Waals surface area contributed by atoms with Crippen LogP contribution in [-0.2, 0) is 6.18 Å². The molecule has 7 heteroatoms. The Morgan fingerprint density at radius 1 is 1.24 bits per heavy atom. The van der Waals surface area contributed by atoms with Crippen LogP contribution in [0.15, 0.2) is 27.5 Å². The molecule has 1 heterocycles. The van der Waals surface area contributed by atoms with E-state index in [4.69, 9.17) is 0 Å². The molecule has 0 saturated carbocycles. The fraction of sp³-hybridized carbons (Fsp3) is 0.100. The summed E-state index contributed by atoms with van der Waals surface area (Å²) in [6.45, 7) is 0. The highest BCUT2D eigenvalue weighted by Gasteiger charge is 2.34. The molecule has 1 aromatic heterocycles. The van der Waals surface area contributed by atoms with Crippen molar-refractivity contribution in [3.05, 3.63) is 38.9 Å². The van der Waals surface area contributed by atoms with Crippen LogP contribution in [0.4, 0.5) is 17.6 Å². The van der Waals surface area contributed by atoms with E-state index in [2.05, 4.69) is 20.9 Å². The molecular formula is C10H4BrF4NS. The third kappa shape index (κ3) is 2.66. The number of halogens is 5. The molecule has 1 nitrogen and oxygen atoms in total. The summed E-state index contributed by atoms with van der Waals surface area (Å²) in [4.78, 5) is 3.98. The van der Waals surface area contributed by atoms with Gasteiger partial charge in [0.25, 0.3) is 0 Å². The number of nitrogens with zero attached hydrogens (tertiary/aromatic N) is 1. The quantitative estimate of drug-likeness (QED) is 0.691. The molecule has 0 aliphatic rings. The maximum atomic E-state index is 13.0. The van der Waals surface area contributed by atoms with Gasteiger partial charge in [-0.3, -0.25) is 0 Å². The molecule has 1 aromatic carbocycles. The van der Waals surface area contributed by atoms with Gasteiger partial charge in [-0.1, -0.05) is 0 Å². The summed E-state index contributed by atoms with van der Waals surface area (Å²) in [5, 5.41) is 1.59. The molecule has 0 atom stereocenters. The Morgan fingerprint density at radius 2 is 1.94 bits per heavy atom. The SMILES string of the molecule is Fc1ccc(-c2csc(Br)n2)cc1C(F)(F)F. The molecule has 0 radical (unpaired) electrons. The van der Waals surface area contributed by atoms with Crippen molar-refractivity contribution in [2.75, 3.05) is 0 Å². The minimum absolute atomic E-state index is 0.237. The molecule has 0 spiro atoms. The second-order valence-electron chi connectivity index (χ2n) is 3.18. The number of rotatable bonds is 1. The van der Waals surface area contributed by atoms with Gasteiger partial charge < -0.3 is 0 Å². The molecule has 0 N–H and O–H groups in total. The highest BCUT2D eigenvalue weighted by molar-refractivity contribution is 9.11. The fourth-order valence-electron chi connectivity index (χ4n) is 1.29. The van der Waals surface area contributed by atoms with E-state index < -0.39 is 17.6 Å². The molecule has 0 fully saturated rings. The van der Waals surface area contributed by atoms with E-state index in [0.717, 1.165) is 12.1 Å². The Bertz CT molecular complexity index is 549. The predicted octanol–water partition coefficient (Wildman–Crippen LogP) is 4.73. The normalized spacial score (nSPS) is 11.8. The molecule has 90 valence electrons. The van der Waals surface area contributed by atoms with Crippen LogP contribution >= 0.6 is 27.3 Å². The van der Waals surface area contributed by atoms with Crippen molar-refractivity contribution in [1.29, 1.82) is 0 Å². The van der Waals surface area contributed by atoms with Crippen LogP contribution in [0.3, 0.4) is 0 Å². The van der Waals surface area contributed by atoms with E-state index in [-0.39, 0.29) is 5.56 Å². The zero-order valence-corrected chi connectivity index (χ0v) is 10.5. The van der Waals surface area contributed by atoms with E-state index >= 15 is 0 Å².